The van der Waals surface area contributed by atoms with Gasteiger partial charge >= 0.3 is 5.97 Å². The van der Waals surface area contributed by atoms with Crippen LogP contribution in [0, 0.1) is 13.8 Å². The third-order valence-corrected chi connectivity index (χ3v) is 4.61. The van der Waals surface area contributed by atoms with E-state index < -0.39 is 5.97 Å². The van der Waals surface area contributed by atoms with Gasteiger partial charge in [-0.25, -0.2) is 4.79 Å². The van der Waals surface area contributed by atoms with Gasteiger partial charge in [0.1, 0.15) is 0 Å². The van der Waals surface area contributed by atoms with Gasteiger partial charge in [-0.2, -0.15) is 0 Å². The molecule has 1 fully saturated rings. The molecule has 0 aliphatic heterocycles. The second-order valence-corrected chi connectivity index (χ2v) is 6.93. The molecule has 0 unspecified atom stereocenters. The summed E-state index contributed by atoms with van der Waals surface area (Å²) in [6, 6.07) is 9.54. The SMILES string of the molecule is Cc1cc(C(=O)OCC(=O)Nc2ccc(Br)cc2)c(C)n1C1CC1. The fourth-order valence-corrected chi connectivity index (χ4v) is 3.08. The number of carbonyl (C=O) groups is 2. The number of nitrogens with zero attached hydrogens (tertiary/aromatic N) is 1. The van der Waals surface area contributed by atoms with Crippen LogP contribution in [0.25, 0.3) is 0 Å². The number of hydrogen-bond donors (Lipinski definition) is 1. The Morgan fingerprint density at radius 1 is 1.25 bits per heavy atom. The van der Waals surface area contributed by atoms with Crippen molar-refractivity contribution in [1.82, 2.24) is 4.57 Å². The van der Waals surface area contributed by atoms with Gasteiger partial charge in [-0.05, 0) is 57.0 Å². The number of ether oxygens (including phenoxy) is 1. The molecule has 2 aromatic rings. The Hall–Kier alpha value is -2.08. The molecule has 0 atom stereocenters. The van der Waals surface area contributed by atoms with E-state index in [4.69, 9.17) is 4.74 Å². The summed E-state index contributed by atoms with van der Waals surface area (Å²) in [6.45, 7) is 3.61. The van der Waals surface area contributed by atoms with E-state index in [9.17, 15) is 9.59 Å². The molecule has 1 N–H and O–H groups in total. The number of hydrogen-bond acceptors (Lipinski definition) is 3. The van der Waals surface area contributed by atoms with Crippen molar-refractivity contribution in [2.24, 2.45) is 0 Å². The van der Waals surface area contributed by atoms with E-state index in [0.29, 0.717) is 17.3 Å². The first-order valence-corrected chi connectivity index (χ1v) is 8.66. The second kappa shape index (κ2) is 6.81. The molecule has 6 heteroatoms. The monoisotopic (exact) mass is 390 g/mol. The topological polar surface area (TPSA) is 60.3 Å². The highest BCUT2D eigenvalue weighted by Crippen LogP contribution is 2.38. The zero-order valence-corrected chi connectivity index (χ0v) is 15.2. The number of benzene rings is 1. The number of carbonyl (C=O) groups excluding carboxylic acids is 2. The molecular weight excluding hydrogens is 372 g/mol. The van der Waals surface area contributed by atoms with E-state index in [1.54, 1.807) is 12.1 Å². The van der Waals surface area contributed by atoms with Gasteiger partial charge in [-0.15, -0.1) is 0 Å². The van der Waals surface area contributed by atoms with E-state index in [-0.39, 0.29) is 12.5 Å². The van der Waals surface area contributed by atoms with Crippen molar-refractivity contribution < 1.29 is 14.3 Å². The molecule has 3 rings (SSSR count). The molecule has 1 aliphatic rings. The van der Waals surface area contributed by atoms with Crippen molar-refractivity contribution >= 4 is 33.5 Å². The average Bonchev–Trinajstić information content (AvgIpc) is 3.33. The number of rotatable bonds is 5. The summed E-state index contributed by atoms with van der Waals surface area (Å²) in [4.78, 5) is 24.2. The summed E-state index contributed by atoms with van der Waals surface area (Å²) in [5.74, 6) is -0.817. The minimum Gasteiger partial charge on any atom is -0.452 e. The standard InChI is InChI=1S/C18H19BrN2O3/c1-11-9-16(12(2)21(11)15-7-8-15)18(23)24-10-17(22)20-14-5-3-13(19)4-6-14/h3-6,9,15H,7-8,10H2,1-2H3,(H,20,22). The number of amides is 1. The predicted molar refractivity (Wildman–Crippen MR) is 95.2 cm³/mol. The molecule has 1 amide bonds. The normalized spacial score (nSPS) is 13.6. The van der Waals surface area contributed by atoms with Gasteiger partial charge in [0.15, 0.2) is 6.61 Å². The zero-order chi connectivity index (χ0) is 17.3. The molecule has 126 valence electrons. The maximum atomic E-state index is 12.3. The summed E-state index contributed by atoms with van der Waals surface area (Å²) in [7, 11) is 0. The number of aromatic nitrogens is 1. The molecule has 1 heterocycles. The Morgan fingerprint density at radius 2 is 1.92 bits per heavy atom. The molecule has 1 aliphatic carbocycles. The second-order valence-electron chi connectivity index (χ2n) is 6.02. The molecule has 0 spiro atoms. The lowest BCUT2D eigenvalue weighted by Gasteiger charge is -2.08. The van der Waals surface area contributed by atoms with Gasteiger partial charge in [-0.1, -0.05) is 15.9 Å². The van der Waals surface area contributed by atoms with E-state index in [1.165, 1.54) is 0 Å². The lowest BCUT2D eigenvalue weighted by atomic mass is 10.2. The van der Waals surface area contributed by atoms with Crippen LogP contribution >= 0.6 is 15.9 Å². The number of nitrogens with one attached hydrogen (secondary N) is 1. The molecule has 1 aromatic heterocycles. The van der Waals surface area contributed by atoms with E-state index in [2.05, 4.69) is 25.8 Å². The molecule has 0 bridgehead atoms. The first-order valence-electron chi connectivity index (χ1n) is 7.86. The first kappa shape index (κ1) is 16.8. The maximum Gasteiger partial charge on any atom is 0.340 e. The molecule has 0 radical (unpaired) electrons. The summed E-state index contributed by atoms with van der Waals surface area (Å²) < 4.78 is 8.27. The van der Waals surface area contributed by atoms with Crippen LogP contribution in [0.5, 0.6) is 0 Å². The lowest BCUT2D eigenvalue weighted by molar-refractivity contribution is -0.119. The lowest BCUT2D eigenvalue weighted by Crippen LogP contribution is -2.21. The van der Waals surface area contributed by atoms with Gasteiger partial charge in [-0.3, -0.25) is 4.79 Å². The van der Waals surface area contributed by atoms with Crippen LogP contribution in [0.2, 0.25) is 0 Å². The fourth-order valence-electron chi connectivity index (χ4n) is 2.82. The van der Waals surface area contributed by atoms with Crippen LogP contribution < -0.4 is 5.32 Å². The largest absolute Gasteiger partial charge is 0.452 e. The van der Waals surface area contributed by atoms with Crippen molar-refractivity contribution in [2.75, 3.05) is 11.9 Å². The smallest absolute Gasteiger partial charge is 0.340 e. The summed E-state index contributed by atoms with van der Waals surface area (Å²) in [5.41, 5.74) is 3.16. The Morgan fingerprint density at radius 3 is 2.54 bits per heavy atom. The number of esters is 1. The molecule has 1 aromatic carbocycles. The van der Waals surface area contributed by atoms with Crippen molar-refractivity contribution in [1.29, 1.82) is 0 Å². The van der Waals surface area contributed by atoms with Crippen LogP contribution in [0.15, 0.2) is 34.8 Å². The Labute approximate surface area is 149 Å². The zero-order valence-electron chi connectivity index (χ0n) is 13.6. The van der Waals surface area contributed by atoms with Gasteiger partial charge in [0.25, 0.3) is 5.91 Å². The molecule has 1 saturated carbocycles. The highest BCUT2D eigenvalue weighted by atomic mass is 79.9. The highest BCUT2D eigenvalue weighted by Gasteiger charge is 2.28. The van der Waals surface area contributed by atoms with Crippen LogP contribution in [0.3, 0.4) is 0 Å². The third kappa shape index (κ3) is 3.70. The predicted octanol–water partition coefficient (Wildman–Crippen LogP) is 4.00. The van der Waals surface area contributed by atoms with Crippen LogP contribution in [0.4, 0.5) is 5.69 Å². The van der Waals surface area contributed by atoms with Crippen molar-refractivity contribution in [3.05, 3.63) is 51.8 Å². The number of anilines is 1. The third-order valence-electron chi connectivity index (χ3n) is 4.08. The van der Waals surface area contributed by atoms with Gasteiger partial charge in [0.2, 0.25) is 0 Å². The van der Waals surface area contributed by atoms with Crippen LogP contribution in [-0.4, -0.2) is 23.1 Å². The van der Waals surface area contributed by atoms with Crippen LogP contribution in [-0.2, 0) is 9.53 Å². The van der Waals surface area contributed by atoms with Gasteiger partial charge in [0, 0.05) is 27.6 Å². The average molecular weight is 391 g/mol. The number of aryl methyl sites for hydroxylation is 1. The maximum absolute atomic E-state index is 12.3. The van der Waals surface area contributed by atoms with Gasteiger partial charge in [0.05, 0.1) is 5.56 Å². The van der Waals surface area contributed by atoms with Crippen molar-refractivity contribution in [3.63, 3.8) is 0 Å². The summed E-state index contributed by atoms with van der Waals surface area (Å²) in [5, 5.41) is 2.69. The highest BCUT2D eigenvalue weighted by molar-refractivity contribution is 9.10. The molecule has 0 saturated heterocycles. The summed E-state index contributed by atoms with van der Waals surface area (Å²) in [6.07, 6.45) is 2.31. The quantitative estimate of drug-likeness (QED) is 0.784. The number of halogens is 1. The van der Waals surface area contributed by atoms with Gasteiger partial charge < -0.3 is 14.6 Å². The Balaban J connectivity index is 1.58. The Kier molecular flexibility index (Phi) is 4.76. The minimum absolute atomic E-state index is 0.304. The summed E-state index contributed by atoms with van der Waals surface area (Å²) >= 11 is 3.33. The molecule has 24 heavy (non-hydrogen) atoms. The van der Waals surface area contributed by atoms with E-state index in [1.807, 2.05) is 32.0 Å². The first-order chi connectivity index (χ1) is 11.5. The Bertz CT molecular complexity index is 776. The van der Waals surface area contributed by atoms with Crippen molar-refractivity contribution in [3.8, 4) is 0 Å². The minimum atomic E-state index is -0.457. The van der Waals surface area contributed by atoms with E-state index >= 15 is 0 Å². The fraction of sp³-hybridized carbons (Fsp3) is 0.333. The molecular formula is C18H19BrN2O3. The van der Waals surface area contributed by atoms with E-state index in [0.717, 1.165) is 28.7 Å². The molecule has 5 nitrogen and oxygen atoms in total. The van der Waals surface area contributed by atoms with Crippen LogP contribution in [0.1, 0.15) is 40.6 Å². The van der Waals surface area contributed by atoms with Crippen molar-refractivity contribution in [2.45, 2.75) is 32.7 Å².